The molecule has 3 amide bonds. The molecule has 1 fully saturated rings. The SMILES string of the molecule is O=C1N=CC(Br)([C@@H]2O[C@H](CO)[C@@H](O)[C@H]2O)C(=O)N1. The first-order valence-corrected chi connectivity index (χ1v) is 5.91. The van der Waals surface area contributed by atoms with Crippen LogP contribution in [-0.2, 0) is 9.53 Å². The molecule has 0 spiro atoms. The smallest absolute Gasteiger partial charge is 0.347 e. The number of nitrogens with one attached hydrogen (secondary N) is 1. The Hall–Kier alpha value is -0.870. The average molecular weight is 323 g/mol. The second-order valence-corrected chi connectivity index (χ2v) is 5.36. The maximum Gasteiger partial charge on any atom is 0.347 e. The quantitative estimate of drug-likeness (QED) is 0.432. The van der Waals surface area contributed by atoms with Crippen molar-refractivity contribution in [2.24, 2.45) is 4.99 Å². The first-order valence-electron chi connectivity index (χ1n) is 5.12. The van der Waals surface area contributed by atoms with Gasteiger partial charge in [-0.3, -0.25) is 10.1 Å². The molecule has 18 heavy (non-hydrogen) atoms. The lowest BCUT2D eigenvalue weighted by Gasteiger charge is -2.31. The van der Waals surface area contributed by atoms with Crippen LogP contribution in [-0.4, -0.2) is 68.8 Å². The second kappa shape index (κ2) is 4.67. The minimum Gasteiger partial charge on any atom is -0.394 e. The zero-order valence-electron chi connectivity index (χ0n) is 8.99. The van der Waals surface area contributed by atoms with E-state index in [9.17, 15) is 19.8 Å². The van der Waals surface area contributed by atoms with Crippen LogP contribution in [0.5, 0.6) is 0 Å². The lowest BCUT2D eigenvalue weighted by atomic mass is 9.95. The molecule has 0 saturated carbocycles. The molecule has 2 aliphatic heterocycles. The maximum atomic E-state index is 11.8. The number of hydrogen-bond acceptors (Lipinski definition) is 6. The van der Waals surface area contributed by atoms with Crippen molar-refractivity contribution >= 4 is 34.1 Å². The van der Waals surface area contributed by atoms with Gasteiger partial charge in [0.25, 0.3) is 5.91 Å². The second-order valence-electron chi connectivity index (χ2n) is 4.04. The summed E-state index contributed by atoms with van der Waals surface area (Å²) in [7, 11) is 0. The Bertz CT molecular complexity index is 416. The van der Waals surface area contributed by atoms with E-state index in [2.05, 4.69) is 20.9 Å². The van der Waals surface area contributed by atoms with Crippen LogP contribution in [0.25, 0.3) is 0 Å². The van der Waals surface area contributed by atoms with Gasteiger partial charge < -0.3 is 20.1 Å². The highest BCUT2D eigenvalue weighted by molar-refractivity contribution is 9.10. The summed E-state index contributed by atoms with van der Waals surface area (Å²) in [6.45, 7) is -0.504. The van der Waals surface area contributed by atoms with Crippen molar-refractivity contribution in [1.82, 2.24) is 5.32 Å². The van der Waals surface area contributed by atoms with Crippen molar-refractivity contribution in [3.8, 4) is 0 Å². The minimum atomic E-state index is -1.56. The number of aliphatic hydroxyl groups is 3. The van der Waals surface area contributed by atoms with Crippen LogP contribution < -0.4 is 5.32 Å². The number of nitrogens with zero attached hydrogens (tertiary/aromatic N) is 1. The van der Waals surface area contributed by atoms with E-state index in [-0.39, 0.29) is 0 Å². The third kappa shape index (κ3) is 1.97. The number of carbonyl (C=O) groups is 2. The summed E-state index contributed by atoms with van der Waals surface area (Å²) in [5, 5.41) is 30.3. The van der Waals surface area contributed by atoms with Crippen LogP contribution in [0.15, 0.2) is 4.99 Å². The van der Waals surface area contributed by atoms with Gasteiger partial charge in [0.15, 0.2) is 4.32 Å². The molecule has 9 heteroatoms. The van der Waals surface area contributed by atoms with E-state index in [4.69, 9.17) is 9.84 Å². The summed E-state index contributed by atoms with van der Waals surface area (Å²) >= 11 is 3.05. The Kier molecular flexibility index (Phi) is 3.52. The van der Waals surface area contributed by atoms with Gasteiger partial charge in [0.2, 0.25) is 0 Å². The number of aliphatic hydroxyl groups excluding tert-OH is 3. The Morgan fingerprint density at radius 3 is 2.61 bits per heavy atom. The third-order valence-electron chi connectivity index (χ3n) is 2.89. The molecule has 0 aliphatic carbocycles. The van der Waals surface area contributed by atoms with Gasteiger partial charge in [-0.1, -0.05) is 15.9 Å². The van der Waals surface area contributed by atoms with E-state index >= 15 is 0 Å². The predicted molar refractivity (Wildman–Crippen MR) is 61.4 cm³/mol. The highest BCUT2D eigenvalue weighted by Crippen LogP contribution is 2.35. The van der Waals surface area contributed by atoms with Gasteiger partial charge in [0.05, 0.1) is 6.61 Å². The van der Waals surface area contributed by atoms with E-state index in [1.54, 1.807) is 0 Å². The fourth-order valence-electron chi connectivity index (χ4n) is 1.89. The third-order valence-corrected chi connectivity index (χ3v) is 3.91. The summed E-state index contributed by atoms with van der Waals surface area (Å²) < 4.78 is 3.66. The van der Waals surface area contributed by atoms with Crippen LogP contribution in [0.4, 0.5) is 4.79 Å². The summed E-state index contributed by atoms with van der Waals surface area (Å²) in [6.07, 6.45) is -3.88. The number of rotatable bonds is 2. The maximum absolute atomic E-state index is 11.8. The van der Waals surface area contributed by atoms with Crippen molar-refractivity contribution in [3.05, 3.63) is 0 Å². The van der Waals surface area contributed by atoms with Crippen LogP contribution in [0.2, 0.25) is 0 Å². The lowest BCUT2D eigenvalue weighted by molar-refractivity contribution is -0.125. The first-order chi connectivity index (χ1) is 8.40. The molecular formula is C9H11BrN2O6. The van der Waals surface area contributed by atoms with Crippen molar-refractivity contribution in [2.75, 3.05) is 6.61 Å². The normalized spacial score (nSPS) is 44.2. The monoisotopic (exact) mass is 322 g/mol. The number of aliphatic imine (C=N–C) groups is 1. The van der Waals surface area contributed by atoms with Crippen LogP contribution >= 0.6 is 15.9 Å². The van der Waals surface area contributed by atoms with Crippen LogP contribution in [0.1, 0.15) is 0 Å². The molecule has 1 saturated heterocycles. The molecule has 4 N–H and O–H groups in total. The fraction of sp³-hybridized carbons (Fsp3) is 0.667. The summed E-state index contributed by atoms with van der Waals surface area (Å²) in [5.41, 5.74) is 0. The van der Waals surface area contributed by atoms with E-state index in [0.29, 0.717) is 0 Å². The van der Waals surface area contributed by atoms with Crippen molar-refractivity contribution in [3.63, 3.8) is 0 Å². The highest BCUT2D eigenvalue weighted by atomic mass is 79.9. The molecule has 2 aliphatic rings. The molecule has 0 aromatic carbocycles. The standard InChI is InChI=1S/C9H11BrN2O6/c10-9(2-11-8(17)12-7(9)16)6-5(15)4(14)3(1-13)18-6/h2-6,13-15H,1H2,(H,12,16,17)/t3-,4-,5-,6-,9?/m1/s1. The van der Waals surface area contributed by atoms with Gasteiger partial charge in [0.1, 0.15) is 24.4 Å². The van der Waals surface area contributed by atoms with Gasteiger partial charge in [-0.2, -0.15) is 0 Å². The summed E-state index contributed by atoms with van der Waals surface area (Å²) in [5.74, 6) is -0.752. The molecule has 8 nitrogen and oxygen atoms in total. The molecule has 1 unspecified atom stereocenters. The number of urea groups is 1. The number of amides is 3. The fourth-order valence-corrected chi connectivity index (χ4v) is 2.47. The Morgan fingerprint density at radius 1 is 1.44 bits per heavy atom. The zero-order chi connectivity index (χ0) is 13.5. The molecule has 0 bridgehead atoms. The number of ether oxygens (including phenoxy) is 1. The molecule has 2 heterocycles. The van der Waals surface area contributed by atoms with E-state index in [1.807, 2.05) is 5.32 Å². The zero-order valence-corrected chi connectivity index (χ0v) is 10.6. The molecule has 100 valence electrons. The van der Waals surface area contributed by atoms with E-state index in [0.717, 1.165) is 6.21 Å². The van der Waals surface area contributed by atoms with Gasteiger partial charge in [-0.15, -0.1) is 0 Å². The minimum absolute atomic E-state index is 0.504. The van der Waals surface area contributed by atoms with Crippen molar-refractivity contribution in [1.29, 1.82) is 0 Å². The van der Waals surface area contributed by atoms with Crippen molar-refractivity contribution < 1.29 is 29.6 Å². The largest absolute Gasteiger partial charge is 0.394 e. The molecule has 0 aromatic rings. The summed E-state index contributed by atoms with van der Waals surface area (Å²) in [6, 6.07) is -0.818. The molecule has 5 atom stereocenters. The van der Waals surface area contributed by atoms with Crippen LogP contribution in [0.3, 0.4) is 0 Å². The van der Waals surface area contributed by atoms with E-state index < -0.39 is 47.3 Å². The number of alkyl halides is 1. The lowest BCUT2D eigenvalue weighted by Crippen LogP contribution is -2.58. The molecule has 0 aromatic heterocycles. The van der Waals surface area contributed by atoms with Crippen molar-refractivity contribution in [2.45, 2.75) is 28.7 Å². The van der Waals surface area contributed by atoms with Gasteiger partial charge in [-0.25, -0.2) is 9.79 Å². The number of hydrogen-bond donors (Lipinski definition) is 4. The molecular weight excluding hydrogens is 312 g/mol. The predicted octanol–water partition coefficient (Wildman–Crippen LogP) is -2.08. The van der Waals surface area contributed by atoms with Crippen LogP contribution in [0, 0.1) is 0 Å². The number of halogens is 1. The average Bonchev–Trinajstić information content (AvgIpc) is 2.62. The Labute approximate surface area is 110 Å². The van der Waals surface area contributed by atoms with Gasteiger partial charge in [-0.05, 0) is 0 Å². The van der Waals surface area contributed by atoms with Gasteiger partial charge in [0, 0.05) is 6.21 Å². The molecule has 2 rings (SSSR count). The van der Waals surface area contributed by atoms with Gasteiger partial charge >= 0.3 is 6.03 Å². The topological polar surface area (TPSA) is 128 Å². The number of carbonyl (C=O) groups excluding carboxylic acids is 2. The van der Waals surface area contributed by atoms with E-state index in [1.165, 1.54) is 0 Å². The molecule has 0 radical (unpaired) electrons. The Balaban J connectivity index is 2.29. The first kappa shape index (κ1) is 13.6. The highest BCUT2D eigenvalue weighted by Gasteiger charge is 2.56. The Morgan fingerprint density at radius 2 is 2.11 bits per heavy atom. The number of imide groups is 1. The summed E-state index contributed by atoms with van der Waals surface area (Å²) in [4.78, 5) is 26.1.